The van der Waals surface area contributed by atoms with Crippen molar-refractivity contribution >= 4 is 17.3 Å². The molecule has 24 heavy (non-hydrogen) atoms. The minimum absolute atomic E-state index is 0.232. The molecule has 3 aromatic rings. The van der Waals surface area contributed by atoms with Crippen molar-refractivity contribution in [3.8, 4) is 22.8 Å². The highest BCUT2D eigenvalue weighted by Gasteiger charge is 2.25. The molecule has 1 unspecified atom stereocenters. The number of anilines is 1. The van der Waals surface area contributed by atoms with Crippen molar-refractivity contribution in [1.82, 2.24) is 14.8 Å². The smallest absolute Gasteiger partial charge is 0.168 e. The molecule has 6 heteroatoms. The highest BCUT2D eigenvalue weighted by atomic mass is 35.5. The molecular formula is C18H17ClN4O. The van der Waals surface area contributed by atoms with Crippen molar-refractivity contribution in [2.45, 2.75) is 12.8 Å². The van der Waals surface area contributed by atoms with Crippen molar-refractivity contribution in [3.63, 3.8) is 0 Å². The van der Waals surface area contributed by atoms with Crippen molar-refractivity contribution in [2.75, 3.05) is 19.0 Å². The van der Waals surface area contributed by atoms with Gasteiger partial charge in [0.1, 0.15) is 11.6 Å². The number of methoxy groups -OCH3 is 1. The van der Waals surface area contributed by atoms with Gasteiger partial charge in [0.15, 0.2) is 5.82 Å². The molecule has 0 fully saturated rings. The largest absolute Gasteiger partial charge is 0.497 e. The summed E-state index contributed by atoms with van der Waals surface area (Å²) in [6.07, 6.45) is 0. The van der Waals surface area contributed by atoms with E-state index in [0.717, 1.165) is 40.9 Å². The molecule has 0 bridgehead atoms. The number of aromatic nitrogens is 3. The van der Waals surface area contributed by atoms with Gasteiger partial charge in [-0.2, -0.15) is 0 Å². The number of nitrogens with one attached hydrogen (secondary N) is 1. The van der Waals surface area contributed by atoms with Crippen molar-refractivity contribution < 1.29 is 4.74 Å². The minimum Gasteiger partial charge on any atom is -0.497 e. The predicted molar refractivity (Wildman–Crippen MR) is 95.3 cm³/mol. The Hall–Kier alpha value is -2.53. The number of fused-ring (bicyclic) bond motifs is 3. The molecule has 0 spiro atoms. The van der Waals surface area contributed by atoms with Gasteiger partial charge >= 0.3 is 0 Å². The second kappa shape index (κ2) is 5.83. The number of ether oxygens (including phenoxy) is 1. The molecule has 0 amide bonds. The fourth-order valence-corrected chi connectivity index (χ4v) is 3.15. The zero-order valence-electron chi connectivity index (χ0n) is 13.5. The summed E-state index contributed by atoms with van der Waals surface area (Å²) < 4.78 is 7.35. The molecule has 0 saturated heterocycles. The topological polar surface area (TPSA) is 52.0 Å². The molecule has 2 heterocycles. The molecule has 1 atom stereocenters. The van der Waals surface area contributed by atoms with E-state index in [9.17, 15) is 0 Å². The van der Waals surface area contributed by atoms with Crippen LogP contribution in [0.5, 0.6) is 5.75 Å². The Morgan fingerprint density at radius 1 is 1.17 bits per heavy atom. The first-order valence-electron chi connectivity index (χ1n) is 7.81. The van der Waals surface area contributed by atoms with Gasteiger partial charge in [-0.05, 0) is 42.5 Å². The summed E-state index contributed by atoms with van der Waals surface area (Å²) in [5, 5.41) is 13.1. The molecule has 2 aromatic carbocycles. The third-order valence-electron chi connectivity index (χ3n) is 4.28. The van der Waals surface area contributed by atoms with Crippen LogP contribution in [0.1, 0.15) is 18.7 Å². The Labute approximate surface area is 145 Å². The van der Waals surface area contributed by atoms with Crippen LogP contribution < -0.4 is 10.1 Å². The summed E-state index contributed by atoms with van der Waals surface area (Å²) in [6, 6.07) is 13.7. The van der Waals surface area contributed by atoms with Crippen LogP contribution >= 0.6 is 11.6 Å². The number of benzene rings is 2. The number of halogens is 1. The van der Waals surface area contributed by atoms with Gasteiger partial charge in [-0.3, -0.25) is 4.57 Å². The van der Waals surface area contributed by atoms with E-state index < -0.39 is 0 Å². The lowest BCUT2D eigenvalue weighted by Gasteiger charge is -2.12. The van der Waals surface area contributed by atoms with Gasteiger partial charge in [0.2, 0.25) is 0 Å². The van der Waals surface area contributed by atoms with Gasteiger partial charge in [-0.1, -0.05) is 18.5 Å². The van der Waals surface area contributed by atoms with Gasteiger partial charge < -0.3 is 10.1 Å². The Morgan fingerprint density at radius 2 is 1.96 bits per heavy atom. The minimum atomic E-state index is 0.232. The van der Waals surface area contributed by atoms with Gasteiger partial charge in [0.25, 0.3) is 0 Å². The summed E-state index contributed by atoms with van der Waals surface area (Å²) in [4.78, 5) is 0. The third kappa shape index (κ3) is 2.41. The van der Waals surface area contributed by atoms with Crippen LogP contribution in [0.3, 0.4) is 0 Å². The van der Waals surface area contributed by atoms with Crippen LogP contribution in [0.4, 0.5) is 5.69 Å². The lowest BCUT2D eigenvalue weighted by Crippen LogP contribution is -2.09. The first kappa shape index (κ1) is 15.0. The second-order valence-corrected chi connectivity index (χ2v) is 6.33. The molecule has 5 nitrogen and oxygen atoms in total. The van der Waals surface area contributed by atoms with E-state index in [2.05, 4.69) is 27.0 Å². The normalized spacial score (nSPS) is 15.9. The van der Waals surface area contributed by atoms with E-state index in [1.54, 1.807) is 7.11 Å². The summed E-state index contributed by atoms with van der Waals surface area (Å²) in [6.45, 7) is 2.92. The molecule has 4 rings (SSSR count). The molecule has 1 N–H and O–H groups in total. The van der Waals surface area contributed by atoms with E-state index in [1.165, 1.54) is 0 Å². The van der Waals surface area contributed by atoms with E-state index in [0.29, 0.717) is 5.02 Å². The summed E-state index contributed by atoms with van der Waals surface area (Å²) in [5.74, 6) is 2.80. The summed E-state index contributed by atoms with van der Waals surface area (Å²) >= 11 is 6.16. The van der Waals surface area contributed by atoms with Crippen molar-refractivity contribution in [1.29, 1.82) is 0 Å². The zero-order chi connectivity index (χ0) is 16.7. The van der Waals surface area contributed by atoms with E-state index in [4.69, 9.17) is 16.3 Å². The van der Waals surface area contributed by atoms with Crippen molar-refractivity contribution in [3.05, 3.63) is 53.3 Å². The van der Waals surface area contributed by atoms with Crippen LogP contribution in [0.25, 0.3) is 17.1 Å². The summed E-state index contributed by atoms with van der Waals surface area (Å²) in [5.41, 5.74) is 2.99. The lowest BCUT2D eigenvalue weighted by atomic mass is 10.1. The van der Waals surface area contributed by atoms with Crippen LogP contribution in [0.15, 0.2) is 42.5 Å². The van der Waals surface area contributed by atoms with Gasteiger partial charge in [-0.15, -0.1) is 10.2 Å². The van der Waals surface area contributed by atoms with Crippen molar-refractivity contribution in [2.24, 2.45) is 0 Å². The maximum Gasteiger partial charge on any atom is 0.168 e. The van der Waals surface area contributed by atoms with Crippen LogP contribution in [-0.4, -0.2) is 28.4 Å². The van der Waals surface area contributed by atoms with Crippen LogP contribution in [-0.2, 0) is 0 Å². The molecule has 1 aliphatic heterocycles. The maximum absolute atomic E-state index is 6.16. The predicted octanol–water partition coefficient (Wildman–Crippen LogP) is 4.13. The van der Waals surface area contributed by atoms with Gasteiger partial charge in [0, 0.05) is 23.0 Å². The lowest BCUT2D eigenvalue weighted by molar-refractivity contribution is 0.415. The molecule has 1 aliphatic rings. The number of rotatable bonds is 2. The monoisotopic (exact) mass is 340 g/mol. The number of hydrogen-bond donors (Lipinski definition) is 1. The van der Waals surface area contributed by atoms with E-state index in [-0.39, 0.29) is 5.92 Å². The number of hydrogen-bond acceptors (Lipinski definition) is 4. The third-order valence-corrected chi connectivity index (χ3v) is 4.51. The first-order valence-corrected chi connectivity index (χ1v) is 8.18. The second-order valence-electron chi connectivity index (χ2n) is 5.89. The fourth-order valence-electron chi connectivity index (χ4n) is 2.98. The molecular weight excluding hydrogens is 324 g/mol. The van der Waals surface area contributed by atoms with Gasteiger partial charge in [0.05, 0.1) is 18.5 Å². The number of nitrogens with zero attached hydrogens (tertiary/aromatic N) is 3. The Kier molecular flexibility index (Phi) is 3.65. The SMILES string of the molecule is COc1ccc(-c2nnc3n2-c2ccc(Cl)cc2NCC3C)cc1. The average molecular weight is 341 g/mol. The Morgan fingerprint density at radius 3 is 2.71 bits per heavy atom. The van der Waals surface area contributed by atoms with Gasteiger partial charge in [-0.25, -0.2) is 0 Å². The molecule has 1 aromatic heterocycles. The highest BCUT2D eigenvalue weighted by Crippen LogP contribution is 2.35. The quantitative estimate of drug-likeness (QED) is 0.762. The molecule has 0 saturated carbocycles. The van der Waals surface area contributed by atoms with E-state index >= 15 is 0 Å². The van der Waals surface area contributed by atoms with E-state index in [1.807, 2.05) is 42.5 Å². The Bertz CT molecular complexity index is 889. The molecule has 0 aliphatic carbocycles. The first-order chi connectivity index (χ1) is 11.7. The average Bonchev–Trinajstić information content (AvgIpc) is 2.99. The molecule has 122 valence electrons. The maximum atomic E-state index is 6.16. The molecule has 0 radical (unpaired) electrons. The zero-order valence-corrected chi connectivity index (χ0v) is 14.2. The van der Waals surface area contributed by atoms with Crippen LogP contribution in [0, 0.1) is 0 Å². The summed E-state index contributed by atoms with van der Waals surface area (Å²) in [7, 11) is 1.66. The highest BCUT2D eigenvalue weighted by molar-refractivity contribution is 6.31. The Balaban J connectivity index is 1.92. The fraction of sp³-hybridized carbons (Fsp3) is 0.222. The standard InChI is InChI=1S/C18H17ClN4O/c1-11-10-20-15-9-13(19)5-8-16(15)23-17(11)21-22-18(23)12-3-6-14(24-2)7-4-12/h3-9,11,20H,10H2,1-2H3. The van der Waals surface area contributed by atoms with Crippen LogP contribution in [0.2, 0.25) is 5.02 Å².